The van der Waals surface area contributed by atoms with Crippen LogP contribution in [0.5, 0.6) is 11.6 Å². The first kappa shape index (κ1) is 13.8. The lowest BCUT2D eigenvalue weighted by Gasteiger charge is -2.13. The maximum absolute atomic E-state index is 6.06. The monoisotopic (exact) mass is 276 g/mol. The number of aromatic nitrogens is 1. The van der Waals surface area contributed by atoms with Gasteiger partial charge in [0.15, 0.2) is 0 Å². The molecule has 0 spiro atoms. The lowest BCUT2D eigenvalue weighted by molar-refractivity contribution is 0.460. The van der Waals surface area contributed by atoms with E-state index < -0.39 is 0 Å². The number of nitrogens with zero attached hydrogens (tertiary/aromatic N) is 1. The molecule has 2 rings (SSSR count). The zero-order valence-electron chi connectivity index (χ0n) is 11.1. The Bertz CT molecular complexity index is 545. The molecule has 0 aliphatic heterocycles. The van der Waals surface area contributed by atoms with E-state index in [4.69, 9.17) is 16.3 Å². The molecule has 0 bridgehead atoms. The number of benzene rings is 1. The van der Waals surface area contributed by atoms with Gasteiger partial charge in [-0.1, -0.05) is 30.7 Å². The molecule has 1 aromatic heterocycles. The summed E-state index contributed by atoms with van der Waals surface area (Å²) in [5, 5.41) is 3.93. The van der Waals surface area contributed by atoms with Crippen molar-refractivity contribution < 1.29 is 4.74 Å². The first-order chi connectivity index (χ1) is 9.20. The second kappa shape index (κ2) is 6.55. The predicted octanol–water partition coefficient (Wildman–Crippen LogP) is 4.20. The smallest absolute Gasteiger partial charge is 0.219 e. The molecule has 0 saturated carbocycles. The summed E-state index contributed by atoms with van der Waals surface area (Å²) in [6, 6.07) is 11.5. The Hall–Kier alpha value is -1.58. The van der Waals surface area contributed by atoms with Crippen LogP contribution < -0.4 is 10.1 Å². The molecule has 3 nitrogen and oxygen atoms in total. The molecule has 1 atom stereocenters. The van der Waals surface area contributed by atoms with Crippen LogP contribution in [0.4, 0.5) is 0 Å². The largest absolute Gasteiger partial charge is 0.437 e. The minimum absolute atomic E-state index is 0.265. The third-order valence-corrected chi connectivity index (χ3v) is 3.13. The minimum atomic E-state index is 0.265. The van der Waals surface area contributed by atoms with Gasteiger partial charge in [-0.2, -0.15) is 0 Å². The number of para-hydroxylation sites is 1. The van der Waals surface area contributed by atoms with E-state index in [1.807, 2.05) is 30.3 Å². The molecule has 0 aliphatic carbocycles. The highest BCUT2D eigenvalue weighted by Crippen LogP contribution is 2.28. The van der Waals surface area contributed by atoms with Crippen LogP contribution in [0, 0.1) is 0 Å². The molecule has 0 aliphatic rings. The normalized spacial score (nSPS) is 12.2. The van der Waals surface area contributed by atoms with Crippen molar-refractivity contribution in [3.05, 3.63) is 53.2 Å². The summed E-state index contributed by atoms with van der Waals surface area (Å²) >= 11 is 6.06. The molecular weight excluding hydrogens is 260 g/mol. The summed E-state index contributed by atoms with van der Waals surface area (Å²) in [5.74, 6) is 1.17. The summed E-state index contributed by atoms with van der Waals surface area (Å²) in [7, 11) is 0. The van der Waals surface area contributed by atoms with Crippen LogP contribution in [-0.4, -0.2) is 11.5 Å². The van der Waals surface area contributed by atoms with Gasteiger partial charge in [0.2, 0.25) is 5.88 Å². The average molecular weight is 277 g/mol. The molecule has 1 aromatic carbocycles. The van der Waals surface area contributed by atoms with Gasteiger partial charge in [-0.05, 0) is 37.2 Å². The molecule has 0 radical (unpaired) electrons. The van der Waals surface area contributed by atoms with Gasteiger partial charge in [0, 0.05) is 18.3 Å². The number of hydrogen-bond acceptors (Lipinski definition) is 3. The highest BCUT2D eigenvalue weighted by Gasteiger charge is 2.07. The van der Waals surface area contributed by atoms with E-state index in [1.165, 1.54) is 0 Å². The predicted molar refractivity (Wildman–Crippen MR) is 77.9 cm³/mol. The SMILES string of the molecule is CCNC(C)c1ccnc(Oc2ccccc2Cl)c1. The number of nitrogens with one attached hydrogen (secondary N) is 1. The Labute approximate surface area is 118 Å². The van der Waals surface area contributed by atoms with Crippen LogP contribution in [0.25, 0.3) is 0 Å². The van der Waals surface area contributed by atoms with Gasteiger partial charge >= 0.3 is 0 Å². The summed E-state index contributed by atoms with van der Waals surface area (Å²) in [6.45, 7) is 5.11. The van der Waals surface area contributed by atoms with Gasteiger partial charge in [0.25, 0.3) is 0 Å². The van der Waals surface area contributed by atoms with Gasteiger partial charge < -0.3 is 10.1 Å². The maximum Gasteiger partial charge on any atom is 0.219 e. The van der Waals surface area contributed by atoms with Crippen molar-refractivity contribution in [1.82, 2.24) is 10.3 Å². The summed E-state index contributed by atoms with van der Waals surface area (Å²) in [6.07, 6.45) is 1.75. The third-order valence-electron chi connectivity index (χ3n) is 2.82. The second-order valence-electron chi connectivity index (χ2n) is 4.24. The van der Waals surface area contributed by atoms with Crippen molar-refractivity contribution in [3.8, 4) is 11.6 Å². The highest BCUT2D eigenvalue weighted by molar-refractivity contribution is 6.32. The van der Waals surface area contributed by atoms with E-state index in [2.05, 4.69) is 24.1 Å². The van der Waals surface area contributed by atoms with Crippen molar-refractivity contribution in [3.63, 3.8) is 0 Å². The Balaban J connectivity index is 2.18. The first-order valence-corrected chi connectivity index (χ1v) is 6.70. The van der Waals surface area contributed by atoms with E-state index >= 15 is 0 Å². The first-order valence-electron chi connectivity index (χ1n) is 6.32. The molecule has 19 heavy (non-hydrogen) atoms. The maximum atomic E-state index is 6.06. The van der Waals surface area contributed by atoms with E-state index in [1.54, 1.807) is 12.3 Å². The van der Waals surface area contributed by atoms with E-state index in [0.717, 1.165) is 12.1 Å². The van der Waals surface area contributed by atoms with Crippen molar-refractivity contribution in [2.45, 2.75) is 19.9 Å². The van der Waals surface area contributed by atoms with Crippen molar-refractivity contribution in [1.29, 1.82) is 0 Å². The molecule has 2 aromatic rings. The molecule has 1 heterocycles. The number of halogens is 1. The van der Waals surface area contributed by atoms with Crippen molar-refractivity contribution in [2.75, 3.05) is 6.54 Å². The van der Waals surface area contributed by atoms with Gasteiger partial charge in [-0.15, -0.1) is 0 Å². The Morgan fingerprint density at radius 3 is 2.84 bits per heavy atom. The Morgan fingerprint density at radius 2 is 2.11 bits per heavy atom. The van der Waals surface area contributed by atoms with E-state index in [0.29, 0.717) is 16.7 Å². The fourth-order valence-electron chi connectivity index (χ4n) is 1.81. The molecule has 0 saturated heterocycles. The molecular formula is C15H17ClN2O. The molecule has 0 amide bonds. The van der Waals surface area contributed by atoms with Gasteiger partial charge in [-0.3, -0.25) is 0 Å². The summed E-state index contributed by atoms with van der Waals surface area (Å²) in [5.41, 5.74) is 1.14. The Morgan fingerprint density at radius 1 is 1.32 bits per heavy atom. The van der Waals surface area contributed by atoms with Gasteiger partial charge in [0.1, 0.15) is 5.75 Å². The summed E-state index contributed by atoms with van der Waals surface area (Å²) in [4.78, 5) is 4.21. The van der Waals surface area contributed by atoms with Crippen LogP contribution in [0.1, 0.15) is 25.5 Å². The zero-order chi connectivity index (χ0) is 13.7. The van der Waals surface area contributed by atoms with E-state index in [9.17, 15) is 0 Å². The molecule has 0 fully saturated rings. The second-order valence-corrected chi connectivity index (χ2v) is 4.65. The van der Waals surface area contributed by atoms with Gasteiger partial charge in [0.05, 0.1) is 5.02 Å². The average Bonchev–Trinajstić information content (AvgIpc) is 2.42. The lowest BCUT2D eigenvalue weighted by Crippen LogP contribution is -2.17. The highest BCUT2D eigenvalue weighted by atomic mass is 35.5. The minimum Gasteiger partial charge on any atom is -0.437 e. The van der Waals surface area contributed by atoms with Crippen LogP contribution >= 0.6 is 11.6 Å². The Kier molecular flexibility index (Phi) is 4.77. The standard InChI is InChI=1S/C15H17ClN2O/c1-3-17-11(2)12-8-9-18-15(10-12)19-14-7-5-4-6-13(14)16/h4-11,17H,3H2,1-2H3. The number of rotatable bonds is 5. The van der Waals surface area contributed by atoms with Crippen LogP contribution in [0.15, 0.2) is 42.6 Å². The molecule has 100 valence electrons. The van der Waals surface area contributed by atoms with Crippen LogP contribution in [-0.2, 0) is 0 Å². The summed E-state index contributed by atoms with van der Waals surface area (Å²) < 4.78 is 5.71. The molecule has 4 heteroatoms. The number of pyridine rings is 1. The number of hydrogen-bond donors (Lipinski definition) is 1. The van der Waals surface area contributed by atoms with Crippen LogP contribution in [0.2, 0.25) is 5.02 Å². The van der Waals surface area contributed by atoms with E-state index in [-0.39, 0.29) is 6.04 Å². The molecule has 1 N–H and O–H groups in total. The lowest BCUT2D eigenvalue weighted by atomic mass is 10.1. The zero-order valence-corrected chi connectivity index (χ0v) is 11.8. The van der Waals surface area contributed by atoms with Gasteiger partial charge in [-0.25, -0.2) is 4.98 Å². The van der Waals surface area contributed by atoms with Crippen molar-refractivity contribution >= 4 is 11.6 Å². The van der Waals surface area contributed by atoms with Crippen LogP contribution in [0.3, 0.4) is 0 Å². The number of ether oxygens (including phenoxy) is 1. The quantitative estimate of drug-likeness (QED) is 0.889. The fourth-order valence-corrected chi connectivity index (χ4v) is 1.99. The fraction of sp³-hybridized carbons (Fsp3) is 0.267. The van der Waals surface area contributed by atoms with Crippen molar-refractivity contribution in [2.24, 2.45) is 0 Å². The third kappa shape index (κ3) is 3.69. The molecule has 1 unspecified atom stereocenters. The topological polar surface area (TPSA) is 34.2 Å².